The van der Waals surface area contributed by atoms with Gasteiger partial charge >= 0.3 is 0 Å². The Bertz CT molecular complexity index is 552. The van der Waals surface area contributed by atoms with Gasteiger partial charge < -0.3 is 9.84 Å². The van der Waals surface area contributed by atoms with Crippen LogP contribution in [0.25, 0.3) is 0 Å². The summed E-state index contributed by atoms with van der Waals surface area (Å²) < 4.78 is 31.1. The summed E-state index contributed by atoms with van der Waals surface area (Å²) in [5, 5.41) is 17.3. The second-order valence-corrected chi connectivity index (χ2v) is 5.96. The fourth-order valence-electron chi connectivity index (χ4n) is 1.57. The molecule has 0 aliphatic carbocycles. The summed E-state index contributed by atoms with van der Waals surface area (Å²) in [6, 6.07) is 8.49. The minimum absolute atomic E-state index is 0.0407. The van der Waals surface area contributed by atoms with Gasteiger partial charge in [-0.2, -0.15) is 5.26 Å². The Morgan fingerprint density at radius 2 is 2.15 bits per heavy atom. The third-order valence-electron chi connectivity index (χ3n) is 2.44. The number of rotatable bonds is 9. The van der Waals surface area contributed by atoms with Crippen LogP contribution < -0.4 is 4.72 Å². The Morgan fingerprint density at radius 1 is 1.35 bits per heavy atom. The van der Waals surface area contributed by atoms with Gasteiger partial charge in [0.15, 0.2) is 0 Å². The summed E-state index contributed by atoms with van der Waals surface area (Å²) >= 11 is 0. The molecule has 7 heteroatoms. The van der Waals surface area contributed by atoms with Gasteiger partial charge in [0.25, 0.3) is 0 Å². The highest BCUT2D eigenvalue weighted by Crippen LogP contribution is 2.07. The topological polar surface area (TPSA) is 99.4 Å². The predicted octanol–water partition coefficient (Wildman–Crippen LogP) is 0.377. The summed E-state index contributed by atoms with van der Waals surface area (Å²) in [6.45, 7) is 0.896. The molecule has 0 saturated heterocycles. The van der Waals surface area contributed by atoms with E-state index in [-0.39, 0.29) is 25.5 Å². The van der Waals surface area contributed by atoms with Crippen molar-refractivity contribution in [3.05, 3.63) is 35.4 Å². The number of hydrogen-bond donors (Lipinski definition) is 2. The van der Waals surface area contributed by atoms with Crippen molar-refractivity contribution in [1.29, 1.82) is 5.26 Å². The van der Waals surface area contributed by atoms with E-state index < -0.39 is 10.0 Å². The molecule has 110 valence electrons. The van der Waals surface area contributed by atoms with Gasteiger partial charge in [0.2, 0.25) is 10.0 Å². The van der Waals surface area contributed by atoms with Gasteiger partial charge in [-0.15, -0.1) is 0 Å². The standard InChI is InChI=1S/C13H18N2O4S/c14-10-12-3-1-4-13(9-12)11-20(17,18)15-5-2-7-19-8-6-16/h1,3-4,9,15-16H,2,5-8,11H2. The Kier molecular flexibility index (Phi) is 7.18. The van der Waals surface area contributed by atoms with Crippen molar-refractivity contribution in [1.82, 2.24) is 4.72 Å². The molecule has 0 heterocycles. The summed E-state index contributed by atoms with van der Waals surface area (Å²) in [4.78, 5) is 0. The normalized spacial score (nSPS) is 11.2. The third kappa shape index (κ3) is 6.63. The number of aliphatic hydroxyl groups is 1. The molecule has 0 aliphatic heterocycles. The molecule has 0 aromatic heterocycles. The lowest BCUT2D eigenvalue weighted by molar-refractivity contribution is 0.0913. The van der Waals surface area contributed by atoms with Gasteiger partial charge in [-0.3, -0.25) is 0 Å². The molecule has 2 N–H and O–H groups in total. The molecule has 0 spiro atoms. The number of benzene rings is 1. The third-order valence-corrected chi connectivity index (χ3v) is 3.79. The van der Waals surface area contributed by atoms with Gasteiger partial charge in [0.05, 0.1) is 30.6 Å². The van der Waals surface area contributed by atoms with Crippen molar-refractivity contribution in [2.24, 2.45) is 0 Å². The van der Waals surface area contributed by atoms with Crippen LogP contribution in [0.3, 0.4) is 0 Å². The molecule has 6 nitrogen and oxygen atoms in total. The fourth-order valence-corrected chi connectivity index (χ4v) is 2.75. The van der Waals surface area contributed by atoms with Crippen molar-refractivity contribution in [2.45, 2.75) is 12.2 Å². The average Bonchev–Trinajstić information content (AvgIpc) is 2.42. The number of aliphatic hydroxyl groups excluding tert-OH is 1. The number of hydrogen-bond acceptors (Lipinski definition) is 5. The van der Waals surface area contributed by atoms with E-state index in [0.29, 0.717) is 24.2 Å². The zero-order valence-corrected chi connectivity index (χ0v) is 11.9. The molecule has 0 atom stereocenters. The average molecular weight is 298 g/mol. The number of nitrogens with one attached hydrogen (secondary N) is 1. The van der Waals surface area contributed by atoms with Crippen molar-refractivity contribution < 1.29 is 18.3 Å². The van der Waals surface area contributed by atoms with E-state index in [1.807, 2.05) is 6.07 Å². The molecule has 0 bridgehead atoms. The molecule has 1 aromatic carbocycles. The number of ether oxygens (including phenoxy) is 1. The molecule has 1 rings (SSSR count). The van der Waals surface area contributed by atoms with Crippen LogP contribution in [0.2, 0.25) is 0 Å². The van der Waals surface area contributed by atoms with Gasteiger partial charge in [-0.05, 0) is 24.1 Å². The van der Waals surface area contributed by atoms with Crippen LogP contribution in [0.4, 0.5) is 0 Å². The second-order valence-electron chi connectivity index (χ2n) is 4.16. The Morgan fingerprint density at radius 3 is 2.85 bits per heavy atom. The van der Waals surface area contributed by atoms with Crippen LogP contribution in [0.5, 0.6) is 0 Å². The quantitative estimate of drug-likeness (QED) is 0.642. The van der Waals surface area contributed by atoms with Crippen LogP contribution >= 0.6 is 0 Å². The smallest absolute Gasteiger partial charge is 0.215 e. The molecule has 0 amide bonds. The minimum atomic E-state index is -3.42. The van der Waals surface area contributed by atoms with Gasteiger partial charge in [0, 0.05) is 13.2 Å². The largest absolute Gasteiger partial charge is 0.394 e. The first-order valence-corrected chi connectivity index (χ1v) is 7.87. The SMILES string of the molecule is N#Cc1cccc(CS(=O)(=O)NCCCOCCO)c1. The van der Waals surface area contributed by atoms with E-state index in [1.165, 1.54) is 0 Å². The van der Waals surface area contributed by atoms with Gasteiger partial charge in [-0.25, -0.2) is 13.1 Å². The molecule has 0 saturated carbocycles. The zero-order chi connectivity index (χ0) is 14.8. The lowest BCUT2D eigenvalue weighted by atomic mass is 10.2. The lowest BCUT2D eigenvalue weighted by Gasteiger charge is -2.07. The maximum Gasteiger partial charge on any atom is 0.215 e. The predicted molar refractivity (Wildman–Crippen MR) is 74.3 cm³/mol. The number of sulfonamides is 1. The Labute approximate surface area is 119 Å². The Hall–Kier alpha value is -1.46. The minimum Gasteiger partial charge on any atom is -0.394 e. The Balaban J connectivity index is 2.39. The first-order chi connectivity index (χ1) is 9.57. The second kappa shape index (κ2) is 8.66. The summed E-state index contributed by atoms with van der Waals surface area (Å²) in [6.07, 6.45) is 0.539. The van der Waals surface area contributed by atoms with E-state index in [4.69, 9.17) is 15.1 Å². The summed E-state index contributed by atoms with van der Waals surface area (Å²) in [7, 11) is -3.42. The van der Waals surface area contributed by atoms with E-state index in [2.05, 4.69) is 4.72 Å². The van der Waals surface area contributed by atoms with E-state index in [1.54, 1.807) is 24.3 Å². The van der Waals surface area contributed by atoms with E-state index in [0.717, 1.165) is 0 Å². The summed E-state index contributed by atoms with van der Waals surface area (Å²) in [5.41, 5.74) is 1.02. The highest BCUT2D eigenvalue weighted by atomic mass is 32.2. The molecular weight excluding hydrogens is 280 g/mol. The number of nitriles is 1. The number of nitrogens with zero attached hydrogens (tertiary/aromatic N) is 1. The van der Waals surface area contributed by atoms with E-state index in [9.17, 15) is 8.42 Å². The molecule has 0 radical (unpaired) electrons. The summed E-state index contributed by atoms with van der Waals surface area (Å²) in [5.74, 6) is -0.153. The highest BCUT2D eigenvalue weighted by Gasteiger charge is 2.11. The monoisotopic (exact) mass is 298 g/mol. The molecular formula is C13H18N2O4S. The van der Waals surface area contributed by atoms with Crippen molar-refractivity contribution in [3.8, 4) is 6.07 Å². The highest BCUT2D eigenvalue weighted by molar-refractivity contribution is 7.88. The molecule has 0 fully saturated rings. The molecule has 1 aromatic rings. The first kappa shape index (κ1) is 16.6. The maximum absolute atomic E-state index is 11.8. The van der Waals surface area contributed by atoms with Crippen molar-refractivity contribution >= 4 is 10.0 Å². The van der Waals surface area contributed by atoms with Crippen molar-refractivity contribution in [3.63, 3.8) is 0 Å². The van der Waals surface area contributed by atoms with Crippen LogP contribution in [-0.4, -0.2) is 39.9 Å². The fraction of sp³-hybridized carbons (Fsp3) is 0.462. The first-order valence-electron chi connectivity index (χ1n) is 6.22. The van der Waals surface area contributed by atoms with Crippen LogP contribution in [0, 0.1) is 11.3 Å². The van der Waals surface area contributed by atoms with Crippen molar-refractivity contribution in [2.75, 3.05) is 26.4 Å². The molecule has 0 aliphatic rings. The zero-order valence-electron chi connectivity index (χ0n) is 11.1. The molecule has 0 unspecified atom stereocenters. The van der Waals surface area contributed by atoms with E-state index >= 15 is 0 Å². The van der Waals surface area contributed by atoms with Crippen LogP contribution in [0.1, 0.15) is 17.5 Å². The maximum atomic E-state index is 11.8. The van der Waals surface area contributed by atoms with Crippen LogP contribution in [0.15, 0.2) is 24.3 Å². The molecule has 20 heavy (non-hydrogen) atoms. The van der Waals surface area contributed by atoms with Gasteiger partial charge in [0.1, 0.15) is 0 Å². The van der Waals surface area contributed by atoms with Crippen LogP contribution in [-0.2, 0) is 20.5 Å². The van der Waals surface area contributed by atoms with Gasteiger partial charge in [-0.1, -0.05) is 12.1 Å². The lowest BCUT2D eigenvalue weighted by Crippen LogP contribution is -2.27.